The van der Waals surface area contributed by atoms with Gasteiger partial charge in [-0.25, -0.2) is 0 Å². The number of nitrogens with two attached hydrogens (primary N) is 1. The van der Waals surface area contributed by atoms with Crippen LogP contribution in [0, 0.1) is 5.92 Å². The van der Waals surface area contributed by atoms with Gasteiger partial charge in [0, 0.05) is 23.1 Å². The number of carbonyl (C=O) groups excluding carboxylic acids is 1. The van der Waals surface area contributed by atoms with Crippen molar-refractivity contribution in [3.8, 4) is 0 Å². The van der Waals surface area contributed by atoms with Crippen molar-refractivity contribution in [3.63, 3.8) is 0 Å². The molecule has 104 valence electrons. The summed E-state index contributed by atoms with van der Waals surface area (Å²) in [6.45, 7) is 0.721. The number of nitrogens with zero attached hydrogens (tertiary/aromatic N) is 1. The maximum atomic E-state index is 12.8. The smallest absolute Gasteiger partial charge is 0.330 e. The van der Waals surface area contributed by atoms with E-state index in [1.54, 1.807) is 0 Å². The minimum atomic E-state index is -4.45. The quantitative estimate of drug-likeness (QED) is 0.902. The van der Waals surface area contributed by atoms with Crippen LogP contribution in [-0.2, 0) is 11.0 Å². The highest BCUT2D eigenvalue weighted by Gasteiger charge is 2.35. The Bertz CT molecular complexity index is 504. The minimum absolute atomic E-state index is 0.00508. The number of halogens is 4. The average Bonchev–Trinajstić information content (AvgIpc) is 2.70. The number of rotatable bonds is 2. The SMILES string of the molecule is NCC1CC(=O)N(c2ccc(Br)c(C(F)(F)F)c2)C1. The monoisotopic (exact) mass is 336 g/mol. The second-order valence-corrected chi connectivity index (χ2v) is 5.33. The van der Waals surface area contributed by atoms with Gasteiger partial charge in [-0.15, -0.1) is 0 Å². The predicted molar refractivity (Wildman–Crippen MR) is 68.7 cm³/mol. The van der Waals surface area contributed by atoms with Crippen LogP contribution in [0.5, 0.6) is 0 Å². The summed E-state index contributed by atoms with van der Waals surface area (Å²) >= 11 is 2.87. The molecule has 0 spiro atoms. The van der Waals surface area contributed by atoms with Gasteiger partial charge in [0.15, 0.2) is 0 Å². The lowest BCUT2D eigenvalue weighted by molar-refractivity contribution is -0.138. The molecular weight excluding hydrogens is 325 g/mol. The van der Waals surface area contributed by atoms with Crippen LogP contribution in [0.1, 0.15) is 12.0 Å². The van der Waals surface area contributed by atoms with Crippen molar-refractivity contribution in [2.24, 2.45) is 11.7 Å². The van der Waals surface area contributed by atoms with Crippen LogP contribution in [0.15, 0.2) is 22.7 Å². The first-order valence-electron chi connectivity index (χ1n) is 5.70. The topological polar surface area (TPSA) is 46.3 Å². The highest BCUT2D eigenvalue weighted by molar-refractivity contribution is 9.10. The number of carbonyl (C=O) groups is 1. The van der Waals surface area contributed by atoms with E-state index in [1.165, 1.54) is 17.0 Å². The van der Waals surface area contributed by atoms with Crippen molar-refractivity contribution in [2.75, 3.05) is 18.0 Å². The van der Waals surface area contributed by atoms with E-state index in [0.717, 1.165) is 6.07 Å². The third-order valence-corrected chi connectivity index (χ3v) is 3.80. The molecule has 1 aliphatic rings. The molecule has 7 heteroatoms. The third kappa shape index (κ3) is 2.92. The standard InChI is InChI=1S/C12H12BrF3N2O/c13-10-2-1-8(4-9(10)12(14,15)16)18-6-7(5-17)3-11(18)19/h1-2,4,7H,3,5-6,17H2. The highest BCUT2D eigenvalue weighted by atomic mass is 79.9. The first kappa shape index (κ1) is 14.3. The Labute approximate surface area is 116 Å². The zero-order chi connectivity index (χ0) is 14.2. The van der Waals surface area contributed by atoms with Crippen molar-refractivity contribution in [1.29, 1.82) is 0 Å². The number of anilines is 1. The van der Waals surface area contributed by atoms with Crippen LogP contribution in [0.25, 0.3) is 0 Å². The molecule has 1 atom stereocenters. The Morgan fingerprint density at radius 2 is 2.11 bits per heavy atom. The van der Waals surface area contributed by atoms with Gasteiger partial charge in [-0.1, -0.05) is 15.9 Å². The van der Waals surface area contributed by atoms with Crippen LogP contribution >= 0.6 is 15.9 Å². The van der Waals surface area contributed by atoms with Crippen molar-refractivity contribution in [2.45, 2.75) is 12.6 Å². The molecular formula is C12H12BrF3N2O. The summed E-state index contributed by atoms with van der Waals surface area (Å²) in [7, 11) is 0. The largest absolute Gasteiger partial charge is 0.417 e. The molecule has 1 fully saturated rings. The Morgan fingerprint density at radius 1 is 1.42 bits per heavy atom. The first-order chi connectivity index (χ1) is 8.82. The van der Waals surface area contributed by atoms with E-state index in [0.29, 0.717) is 13.1 Å². The Balaban J connectivity index is 2.34. The summed E-state index contributed by atoms with van der Waals surface area (Å²) in [6.07, 6.45) is -4.17. The molecule has 2 N–H and O–H groups in total. The van der Waals surface area contributed by atoms with E-state index in [4.69, 9.17) is 5.73 Å². The molecule has 0 aliphatic carbocycles. The number of hydrogen-bond acceptors (Lipinski definition) is 2. The van der Waals surface area contributed by atoms with Gasteiger partial charge in [0.05, 0.1) is 5.56 Å². The second-order valence-electron chi connectivity index (χ2n) is 4.47. The molecule has 2 rings (SSSR count). The maximum absolute atomic E-state index is 12.8. The number of hydrogen-bond donors (Lipinski definition) is 1. The van der Waals surface area contributed by atoms with Crippen LogP contribution in [-0.4, -0.2) is 19.0 Å². The van der Waals surface area contributed by atoms with Crippen molar-refractivity contribution in [1.82, 2.24) is 0 Å². The minimum Gasteiger partial charge on any atom is -0.330 e. The van der Waals surface area contributed by atoms with E-state index in [-0.39, 0.29) is 28.4 Å². The molecule has 1 amide bonds. The molecule has 1 saturated heterocycles. The second kappa shape index (κ2) is 5.13. The summed E-state index contributed by atoms with van der Waals surface area (Å²) in [5, 5.41) is 0. The van der Waals surface area contributed by atoms with Gasteiger partial charge in [-0.05, 0) is 30.7 Å². The first-order valence-corrected chi connectivity index (χ1v) is 6.49. The molecule has 1 heterocycles. The average molecular weight is 337 g/mol. The summed E-state index contributed by atoms with van der Waals surface area (Å²) in [5.74, 6) is -0.184. The van der Waals surface area contributed by atoms with Crippen LogP contribution in [0.3, 0.4) is 0 Å². The molecule has 1 unspecified atom stereocenters. The van der Waals surface area contributed by atoms with E-state index in [9.17, 15) is 18.0 Å². The van der Waals surface area contributed by atoms with Crippen LogP contribution < -0.4 is 10.6 Å². The van der Waals surface area contributed by atoms with E-state index >= 15 is 0 Å². The van der Waals surface area contributed by atoms with E-state index in [2.05, 4.69) is 15.9 Å². The zero-order valence-electron chi connectivity index (χ0n) is 9.88. The molecule has 0 saturated carbocycles. The molecule has 1 aromatic carbocycles. The maximum Gasteiger partial charge on any atom is 0.417 e. The molecule has 0 bridgehead atoms. The summed E-state index contributed by atoms with van der Waals surface area (Å²) in [5.41, 5.74) is 4.97. The summed E-state index contributed by atoms with van der Waals surface area (Å²) in [6, 6.07) is 3.79. The Morgan fingerprint density at radius 3 is 2.63 bits per heavy atom. The Kier molecular flexibility index (Phi) is 3.87. The fourth-order valence-electron chi connectivity index (χ4n) is 2.09. The zero-order valence-corrected chi connectivity index (χ0v) is 11.5. The predicted octanol–water partition coefficient (Wildman–Crippen LogP) is 2.78. The fourth-order valence-corrected chi connectivity index (χ4v) is 2.56. The third-order valence-electron chi connectivity index (χ3n) is 3.11. The van der Waals surface area contributed by atoms with Gasteiger partial charge >= 0.3 is 6.18 Å². The van der Waals surface area contributed by atoms with Crippen LogP contribution in [0.2, 0.25) is 0 Å². The lowest BCUT2D eigenvalue weighted by Gasteiger charge is -2.19. The van der Waals surface area contributed by atoms with Gasteiger partial charge in [-0.3, -0.25) is 4.79 Å². The number of benzene rings is 1. The van der Waals surface area contributed by atoms with Crippen molar-refractivity contribution >= 4 is 27.5 Å². The van der Waals surface area contributed by atoms with Gasteiger partial charge in [0.1, 0.15) is 0 Å². The van der Waals surface area contributed by atoms with Crippen molar-refractivity contribution in [3.05, 3.63) is 28.2 Å². The van der Waals surface area contributed by atoms with Gasteiger partial charge in [0.2, 0.25) is 5.91 Å². The number of alkyl halides is 3. The normalized spacial score (nSPS) is 20.2. The lowest BCUT2D eigenvalue weighted by atomic mass is 10.1. The van der Waals surface area contributed by atoms with Crippen molar-refractivity contribution < 1.29 is 18.0 Å². The number of amides is 1. The molecule has 3 nitrogen and oxygen atoms in total. The highest BCUT2D eigenvalue weighted by Crippen LogP contribution is 2.38. The van der Waals surface area contributed by atoms with E-state index < -0.39 is 11.7 Å². The molecule has 19 heavy (non-hydrogen) atoms. The Hall–Kier alpha value is -1.08. The summed E-state index contributed by atoms with van der Waals surface area (Å²) in [4.78, 5) is 13.1. The fraction of sp³-hybridized carbons (Fsp3) is 0.417. The molecule has 0 aromatic heterocycles. The van der Waals surface area contributed by atoms with Gasteiger partial charge in [-0.2, -0.15) is 13.2 Å². The molecule has 1 aliphatic heterocycles. The van der Waals surface area contributed by atoms with E-state index in [1.807, 2.05) is 0 Å². The van der Waals surface area contributed by atoms with Gasteiger partial charge in [0.25, 0.3) is 0 Å². The van der Waals surface area contributed by atoms with Gasteiger partial charge < -0.3 is 10.6 Å². The van der Waals surface area contributed by atoms with Crippen LogP contribution in [0.4, 0.5) is 18.9 Å². The summed E-state index contributed by atoms with van der Waals surface area (Å²) < 4.78 is 38.4. The lowest BCUT2D eigenvalue weighted by Crippen LogP contribution is -2.26. The molecule has 0 radical (unpaired) electrons. The molecule has 1 aromatic rings.